The fraction of sp³-hybridized carbons (Fsp3) is 0.778. The maximum absolute atomic E-state index is 11.2. The molecule has 0 aromatic carbocycles. The van der Waals surface area contributed by atoms with Gasteiger partial charge >= 0.3 is 0 Å². The summed E-state index contributed by atoms with van der Waals surface area (Å²) in [6.07, 6.45) is 2.96. The predicted octanol–water partition coefficient (Wildman–Crippen LogP) is -0.207. The van der Waals surface area contributed by atoms with Gasteiger partial charge in [-0.15, -0.1) is 0 Å². The van der Waals surface area contributed by atoms with Crippen LogP contribution in [0.5, 0.6) is 0 Å². The van der Waals surface area contributed by atoms with Crippen LogP contribution in [0, 0.1) is 5.41 Å². The minimum Gasteiger partial charge on any atom is -0.317 e. The van der Waals surface area contributed by atoms with Crippen LogP contribution in [0.1, 0.15) is 25.7 Å². The van der Waals surface area contributed by atoms with Crippen LogP contribution < -0.4 is 10.6 Å². The molecule has 72 valence electrons. The number of hydrogen-bond donors (Lipinski definition) is 2. The molecule has 2 rings (SSSR count). The molecule has 13 heavy (non-hydrogen) atoms. The van der Waals surface area contributed by atoms with Crippen molar-refractivity contribution in [1.82, 2.24) is 10.6 Å². The van der Waals surface area contributed by atoms with Crippen molar-refractivity contribution in [1.29, 1.82) is 0 Å². The molecule has 2 N–H and O–H groups in total. The van der Waals surface area contributed by atoms with Crippen LogP contribution in [0.2, 0.25) is 0 Å². The van der Waals surface area contributed by atoms with E-state index in [1.807, 2.05) is 0 Å². The van der Waals surface area contributed by atoms with Crippen LogP contribution in [0.3, 0.4) is 0 Å². The van der Waals surface area contributed by atoms with E-state index in [4.69, 9.17) is 0 Å². The number of nitrogens with one attached hydrogen (secondary N) is 2. The number of imide groups is 1. The van der Waals surface area contributed by atoms with Gasteiger partial charge in [-0.1, -0.05) is 0 Å². The number of carbonyl (C=O) groups is 2. The van der Waals surface area contributed by atoms with Crippen molar-refractivity contribution in [2.45, 2.75) is 25.7 Å². The first kappa shape index (κ1) is 8.69. The molecule has 0 saturated carbocycles. The van der Waals surface area contributed by atoms with Crippen molar-refractivity contribution < 1.29 is 9.59 Å². The van der Waals surface area contributed by atoms with Crippen LogP contribution >= 0.6 is 0 Å². The molecule has 4 nitrogen and oxygen atoms in total. The van der Waals surface area contributed by atoms with Gasteiger partial charge in [-0.25, -0.2) is 0 Å². The lowest BCUT2D eigenvalue weighted by molar-refractivity contribution is -0.138. The Morgan fingerprint density at radius 2 is 1.54 bits per heavy atom. The highest BCUT2D eigenvalue weighted by Gasteiger charge is 2.40. The summed E-state index contributed by atoms with van der Waals surface area (Å²) in [7, 11) is 0. The third-order valence-electron chi connectivity index (χ3n) is 3.01. The third kappa shape index (κ3) is 1.72. The average Bonchev–Trinajstić information content (AvgIpc) is 2.02. The molecule has 2 saturated heterocycles. The zero-order chi connectivity index (χ0) is 9.31. The summed E-state index contributed by atoms with van der Waals surface area (Å²) in [4.78, 5) is 22.4. The van der Waals surface area contributed by atoms with Crippen molar-refractivity contribution >= 4 is 11.8 Å². The number of hydrogen-bond acceptors (Lipinski definition) is 3. The highest BCUT2D eigenvalue weighted by Crippen LogP contribution is 2.38. The highest BCUT2D eigenvalue weighted by atomic mass is 16.2. The van der Waals surface area contributed by atoms with Gasteiger partial charge < -0.3 is 5.32 Å². The minimum absolute atomic E-state index is 0.0231. The van der Waals surface area contributed by atoms with Gasteiger partial charge in [0.25, 0.3) is 0 Å². The minimum atomic E-state index is -0.0989. The normalized spacial score (nSPS) is 27.4. The Hall–Kier alpha value is -0.900. The van der Waals surface area contributed by atoms with Crippen molar-refractivity contribution in [2.75, 3.05) is 13.1 Å². The smallest absolute Gasteiger partial charge is 0.227 e. The summed E-state index contributed by atoms with van der Waals surface area (Å²) in [5.74, 6) is -0.198. The summed E-state index contributed by atoms with van der Waals surface area (Å²) >= 11 is 0. The largest absolute Gasteiger partial charge is 0.317 e. The van der Waals surface area contributed by atoms with Crippen molar-refractivity contribution in [3.63, 3.8) is 0 Å². The van der Waals surface area contributed by atoms with E-state index in [9.17, 15) is 9.59 Å². The number of piperidine rings is 2. The van der Waals surface area contributed by atoms with Gasteiger partial charge in [0.05, 0.1) is 0 Å². The summed E-state index contributed by atoms with van der Waals surface area (Å²) in [6, 6.07) is 0. The topological polar surface area (TPSA) is 58.2 Å². The quantitative estimate of drug-likeness (QED) is 0.510. The van der Waals surface area contributed by atoms with Gasteiger partial charge in [-0.05, 0) is 31.3 Å². The summed E-state index contributed by atoms with van der Waals surface area (Å²) in [5.41, 5.74) is -0.0231. The molecular formula is C9H14N2O2. The number of amides is 2. The van der Waals surface area contributed by atoms with Gasteiger partial charge in [-0.3, -0.25) is 14.9 Å². The maximum atomic E-state index is 11.2. The molecule has 4 heteroatoms. The molecule has 0 aromatic heterocycles. The second kappa shape index (κ2) is 3.10. The first-order valence-electron chi connectivity index (χ1n) is 4.74. The molecular weight excluding hydrogens is 168 g/mol. The van der Waals surface area contributed by atoms with Gasteiger partial charge in [0.2, 0.25) is 11.8 Å². The first-order valence-corrected chi connectivity index (χ1v) is 4.74. The molecule has 0 unspecified atom stereocenters. The van der Waals surface area contributed by atoms with E-state index in [0.29, 0.717) is 12.8 Å². The standard InChI is InChI=1S/C9H14N2O2/c12-7-5-9(6-8(13)11-7)1-3-10-4-2-9/h10H,1-6H2,(H,11,12,13). The van der Waals surface area contributed by atoms with Gasteiger partial charge in [-0.2, -0.15) is 0 Å². The van der Waals surface area contributed by atoms with E-state index in [-0.39, 0.29) is 17.2 Å². The van der Waals surface area contributed by atoms with Crippen molar-refractivity contribution in [3.8, 4) is 0 Å². The highest BCUT2D eigenvalue weighted by molar-refractivity contribution is 5.98. The summed E-state index contributed by atoms with van der Waals surface area (Å²) < 4.78 is 0. The van der Waals surface area contributed by atoms with Gasteiger partial charge in [0.15, 0.2) is 0 Å². The van der Waals surface area contributed by atoms with Gasteiger partial charge in [0, 0.05) is 12.8 Å². The van der Waals surface area contributed by atoms with E-state index in [1.54, 1.807) is 0 Å². The molecule has 0 aromatic rings. The fourth-order valence-electron chi connectivity index (χ4n) is 2.30. The van der Waals surface area contributed by atoms with Crippen LogP contribution in [0.15, 0.2) is 0 Å². The Bertz CT molecular complexity index is 226. The zero-order valence-electron chi connectivity index (χ0n) is 7.56. The molecule has 0 atom stereocenters. The van der Waals surface area contributed by atoms with Crippen LogP contribution in [-0.4, -0.2) is 24.9 Å². The molecule has 0 radical (unpaired) electrons. The molecule has 2 heterocycles. The zero-order valence-corrected chi connectivity index (χ0v) is 7.56. The van der Waals surface area contributed by atoms with E-state index in [1.165, 1.54) is 0 Å². The SMILES string of the molecule is O=C1CC2(CCNCC2)CC(=O)N1. The second-order valence-corrected chi connectivity index (χ2v) is 4.07. The monoisotopic (exact) mass is 182 g/mol. The fourth-order valence-corrected chi connectivity index (χ4v) is 2.30. The average molecular weight is 182 g/mol. The van der Waals surface area contributed by atoms with E-state index in [2.05, 4.69) is 10.6 Å². The second-order valence-electron chi connectivity index (χ2n) is 4.07. The van der Waals surface area contributed by atoms with E-state index >= 15 is 0 Å². The van der Waals surface area contributed by atoms with Crippen LogP contribution in [-0.2, 0) is 9.59 Å². The van der Waals surface area contributed by atoms with Crippen molar-refractivity contribution in [3.05, 3.63) is 0 Å². The lowest BCUT2D eigenvalue weighted by Gasteiger charge is -2.39. The number of rotatable bonds is 0. The molecule has 1 spiro atoms. The summed E-state index contributed by atoms with van der Waals surface area (Å²) in [6.45, 7) is 1.86. The third-order valence-corrected chi connectivity index (χ3v) is 3.01. The molecule has 0 bridgehead atoms. The molecule has 2 amide bonds. The Kier molecular flexibility index (Phi) is 2.07. The Morgan fingerprint density at radius 1 is 1.00 bits per heavy atom. The molecule has 2 fully saturated rings. The lowest BCUT2D eigenvalue weighted by atomic mass is 9.71. The molecule has 2 aliphatic rings. The van der Waals surface area contributed by atoms with Crippen molar-refractivity contribution in [2.24, 2.45) is 5.41 Å². The molecule has 0 aliphatic carbocycles. The van der Waals surface area contributed by atoms with E-state index < -0.39 is 0 Å². The first-order chi connectivity index (χ1) is 6.20. The Labute approximate surface area is 77.1 Å². The Morgan fingerprint density at radius 3 is 2.08 bits per heavy atom. The predicted molar refractivity (Wildman–Crippen MR) is 46.9 cm³/mol. The molecule has 2 aliphatic heterocycles. The maximum Gasteiger partial charge on any atom is 0.227 e. The van der Waals surface area contributed by atoms with E-state index in [0.717, 1.165) is 25.9 Å². The van der Waals surface area contributed by atoms with Gasteiger partial charge in [0.1, 0.15) is 0 Å². The lowest BCUT2D eigenvalue weighted by Crippen LogP contribution is -2.48. The Balaban J connectivity index is 2.11. The number of carbonyl (C=O) groups excluding carboxylic acids is 2. The van der Waals surface area contributed by atoms with Crippen LogP contribution in [0.25, 0.3) is 0 Å². The van der Waals surface area contributed by atoms with Crippen LogP contribution in [0.4, 0.5) is 0 Å². The summed E-state index contributed by atoms with van der Waals surface area (Å²) in [5, 5.41) is 5.60.